The first-order valence-electron chi connectivity index (χ1n) is 7.71. The Bertz CT molecular complexity index is 824. The van der Waals surface area contributed by atoms with E-state index in [1.165, 1.54) is 0 Å². The Hall–Kier alpha value is -3.06. The van der Waals surface area contributed by atoms with Crippen molar-refractivity contribution in [3.8, 4) is 28.6 Å². The van der Waals surface area contributed by atoms with Crippen LogP contribution in [0.4, 0.5) is 0 Å². The highest BCUT2D eigenvalue weighted by atomic mass is 16.5. The molecule has 0 fully saturated rings. The Morgan fingerprint density at radius 1 is 0.960 bits per heavy atom. The van der Waals surface area contributed by atoms with Crippen LogP contribution in [0.15, 0.2) is 42.5 Å². The summed E-state index contributed by atoms with van der Waals surface area (Å²) in [4.78, 5) is 4.52. The highest BCUT2D eigenvalue weighted by Gasteiger charge is 2.18. The molecule has 0 aliphatic heterocycles. The van der Waals surface area contributed by atoms with Crippen molar-refractivity contribution in [2.24, 2.45) is 5.73 Å². The van der Waals surface area contributed by atoms with E-state index in [0.717, 1.165) is 11.1 Å². The lowest BCUT2D eigenvalue weighted by Gasteiger charge is -2.13. The largest absolute Gasteiger partial charge is 0.493 e. The van der Waals surface area contributed by atoms with E-state index in [4.69, 9.17) is 19.9 Å². The van der Waals surface area contributed by atoms with Gasteiger partial charge < -0.3 is 19.9 Å². The molecule has 0 radical (unpaired) electrons. The highest BCUT2D eigenvalue weighted by Crippen LogP contribution is 2.40. The molecular formula is C18H20N4O3. The molecule has 1 atom stereocenters. The van der Waals surface area contributed by atoms with Crippen LogP contribution in [0.2, 0.25) is 0 Å². The molecule has 0 amide bonds. The van der Waals surface area contributed by atoms with Gasteiger partial charge in [-0.05, 0) is 17.7 Å². The fraction of sp³-hybridized carbons (Fsp3) is 0.222. The molecule has 3 N–H and O–H groups in total. The number of hydrogen-bond donors (Lipinski definition) is 2. The van der Waals surface area contributed by atoms with E-state index < -0.39 is 0 Å². The van der Waals surface area contributed by atoms with Crippen molar-refractivity contribution < 1.29 is 14.2 Å². The van der Waals surface area contributed by atoms with Crippen molar-refractivity contribution in [3.05, 3.63) is 53.9 Å². The van der Waals surface area contributed by atoms with E-state index in [1.807, 2.05) is 30.3 Å². The predicted octanol–water partition coefficient (Wildman–Crippen LogP) is 2.55. The summed E-state index contributed by atoms with van der Waals surface area (Å²) in [5.74, 6) is 2.67. The monoisotopic (exact) mass is 340 g/mol. The van der Waals surface area contributed by atoms with E-state index in [0.29, 0.717) is 28.9 Å². The maximum Gasteiger partial charge on any atom is 0.203 e. The molecule has 0 aliphatic carbocycles. The van der Waals surface area contributed by atoms with E-state index in [-0.39, 0.29) is 6.04 Å². The summed E-state index contributed by atoms with van der Waals surface area (Å²) in [5.41, 5.74) is 7.95. The molecule has 0 saturated carbocycles. The summed E-state index contributed by atoms with van der Waals surface area (Å²) in [6.45, 7) is 0. The Labute approximate surface area is 145 Å². The molecule has 1 heterocycles. The van der Waals surface area contributed by atoms with E-state index in [1.54, 1.807) is 33.5 Å². The standard InChI is InChI=1S/C18H20N4O3/c1-23-13-9-12(10-14(24-2)16(13)25-3)17-20-18(22-21-17)15(19)11-7-5-4-6-8-11/h4-10,15H,19H2,1-3H3,(H,20,21,22)/t15-/m1/s1. The molecule has 3 rings (SSSR count). The lowest BCUT2D eigenvalue weighted by atomic mass is 10.1. The molecule has 25 heavy (non-hydrogen) atoms. The van der Waals surface area contributed by atoms with Crippen LogP contribution in [0.3, 0.4) is 0 Å². The van der Waals surface area contributed by atoms with Crippen molar-refractivity contribution in [2.45, 2.75) is 6.04 Å². The number of nitrogens with two attached hydrogens (primary N) is 1. The number of methoxy groups -OCH3 is 3. The lowest BCUT2D eigenvalue weighted by Crippen LogP contribution is -2.13. The molecule has 0 bridgehead atoms. The second-order valence-electron chi connectivity index (χ2n) is 5.35. The Balaban J connectivity index is 1.97. The van der Waals surface area contributed by atoms with Gasteiger partial charge in [0.1, 0.15) is 5.82 Å². The van der Waals surface area contributed by atoms with Crippen LogP contribution >= 0.6 is 0 Å². The molecule has 7 heteroatoms. The Kier molecular flexibility index (Phi) is 4.85. The maximum atomic E-state index is 6.26. The van der Waals surface area contributed by atoms with E-state index in [2.05, 4.69) is 15.2 Å². The summed E-state index contributed by atoms with van der Waals surface area (Å²) in [6, 6.07) is 12.9. The minimum absolute atomic E-state index is 0.385. The summed E-state index contributed by atoms with van der Waals surface area (Å²) < 4.78 is 16.1. The average molecular weight is 340 g/mol. The summed E-state index contributed by atoms with van der Waals surface area (Å²) in [7, 11) is 4.69. The number of rotatable bonds is 6. The van der Waals surface area contributed by atoms with Crippen LogP contribution in [0.25, 0.3) is 11.4 Å². The van der Waals surface area contributed by atoms with Crippen molar-refractivity contribution >= 4 is 0 Å². The maximum absolute atomic E-state index is 6.26. The van der Waals surface area contributed by atoms with Gasteiger partial charge in [-0.1, -0.05) is 30.3 Å². The number of nitrogens with one attached hydrogen (secondary N) is 1. The van der Waals surface area contributed by atoms with Gasteiger partial charge in [-0.3, -0.25) is 5.10 Å². The number of ether oxygens (including phenoxy) is 3. The first kappa shape index (κ1) is 16.8. The fourth-order valence-electron chi connectivity index (χ4n) is 2.57. The molecule has 0 saturated heterocycles. The molecule has 0 aliphatic rings. The van der Waals surface area contributed by atoms with Crippen molar-refractivity contribution in [3.63, 3.8) is 0 Å². The third-order valence-corrected chi connectivity index (χ3v) is 3.88. The summed E-state index contributed by atoms with van der Waals surface area (Å²) in [5, 5.41) is 7.18. The van der Waals surface area contributed by atoms with Gasteiger partial charge in [0.05, 0.1) is 27.4 Å². The van der Waals surface area contributed by atoms with Gasteiger partial charge in [0.15, 0.2) is 17.3 Å². The van der Waals surface area contributed by atoms with Gasteiger partial charge in [-0.2, -0.15) is 5.10 Å². The van der Waals surface area contributed by atoms with Gasteiger partial charge >= 0.3 is 0 Å². The summed E-state index contributed by atoms with van der Waals surface area (Å²) >= 11 is 0. The zero-order chi connectivity index (χ0) is 17.8. The number of aromatic amines is 1. The normalized spacial score (nSPS) is 11.8. The topological polar surface area (TPSA) is 95.3 Å². The number of hydrogen-bond acceptors (Lipinski definition) is 6. The van der Waals surface area contributed by atoms with Crippen molar-refractivity contribution in [1.82, 2.24) is 15.2 Å². The molecule has 1 aromatic heterocycles. The smallest absolute Gasteiger partial charge is 0.203 e. The van der Waals surface area contributed by atoms with E-state index >= 15 is 0 Å². The second kappa shape index (κ2) is 7.23. The van der Waals surface area contributed by atoms with Crippen LogP contribution in [0.1, 0.15) is 17.4 Å². The van der Waals surface area contributed by atoms with Crippen LogP contribution in [-0.4, -0.2) is 36.5 Å². The first-order valence-corrected chi connectivity index (χ1v) is 7.71. The molecule has 3 aromatic rings. The molecule has 7 nitrogen and oxygen atoms in total. The quantitative estimate of drug-likeness (QED) is 0.716. The molecular weight excluding hydrogens is 320 g/mol. The zero-order valence-electron chi connectivity index (χ0n) is 14.3. The Morgan fingerprint density at radius 3 is 2.16 bits per heavy atom. The molecule has 0 spiro atoms. The minimum Gasteiger partial charge on any atom is -0.493 e. The predicted molar refractivity (Wildman–Crippen MR) is 93.9 cm³/mol. The molecule has 2 aromatic carbocycles. The fourth-order valence-corrected chi connectivity index (χ4v) is 2.57. The van der Waals surface area contributed by atoms with Crippen LogP contribution in [0, 0.1) is 0 Å². The molecule has 0 unspecified atom stereocenters. The number of benzene rings is 2. The summed E-state index contributed by atoms with van der Waals surface area (Å²) in [6.07, 6.45) is 0. The highest BCUT2D eigenvalue weighted by molar-refractivity contribution is 5.66. The first-order chi connectivity index (χ1) is 12.2. The van der Waals surface area contributed by atoms with Crippen molar-refractivity contribution in [2.75, 3.05) is 21.3 Å². The van der Waals surface area contributed by atoms with Gasteiger partial charge in [0.2, 0.25) is 5.75 Å². The third kappa shape index (κ3) is 3.27. The molecule has 130 valence electrons. The lowest BCUT2D eigenvalue weighted by molar-refractivity contribution is 0.324. The van der Waals surface area contributed by atoms with E-state index in [9.17, 15) is 0 Å². The third-order valence-electron chi connectivity index (χ3n) is 3.88. The van der Waals surface area contributed by atoms with Gasteiger partial charge in [-0.15, -0.1) is 0 Å². The number of H-pyrrole nitrogens is 1. The second-order valence-corrected chi connectivity index (χ2v) is 5.35. The average Bonchev–Trinajstić information content (AvgIpc) is 3.17. The minimum atomic E-state index is -0.385. The van der Waals surface area contributed by atoms with Crippen LogP contribution in [0.5, 0.6) is 17.2 Å². The van der Waals surface area contributed by atoms with Gasteiger partial charge in [0.25, 0.3) is 0 Å². The van der Waals surface area contributed by atoms with Crippen LogP contribution in [-0.2, 0) is 0 Å². The van der Waals surface area contributed by atoms with Crippen molar-refractivity contribution in [1.29, 1.82) is 0 Å². The number of aromatic nitrogens is 3. The number of nitrogens with zero attached hydrogens (tertiary/aromatic N) is 2. The SMILES string of the molecule is COc1cc(-c2n[nH]c([C@H](N)c3ccccc3)n2)cc(OC)c1OC. The van der Waals surface area contributed by atoms with Crippen LogP contribution < -0.4 is 19.9 Å². The van der Waals surface area contributed by atoms with Gasteiger partial charge in [-0.25, -0.2) is 4.98 Å². The van der Waals surface area contributed by atoms with Gasteiger partial charge in [0, 0.05) is 5.56 Å². The zero-order valence-corrected chi connectivity index (χ0v) is 14.3. The Morgan fingerprint density at radius 2 is 1.60 bits per heavy atom.